The fourth-order valence-electron chi connectivity index (χ4n) is 4.48. The van der Waals surface area contributed by atoms with Crippen molar-refractivity contribution in [2.75, 3.05) is 0 Å². The first-order valence-electron chi connectivity index (χ1n) is 10.7. The summed E-state index contributed by atoms with van der Waals surface area (Å²) < 4.78 is 17.2. The van der Waals surface area contributed by atoms with Gasteiger partial charge in [-0.15, -0.1) is 0 Å². The Labute approximate surface area is 188 Å². The highest BCUT2D eigenvalue weighted by Gasteiger charge is 2.31. The quantitative estimate of drug-likeness (QED) is 0.490. The molecule has 0 saturated heterocycles. The molecule has 0 aliphatic heterocycles. The van der Waals surface area contributed by atoms with Crippen LogP contribution in [0.4, 0.5) is 4.39 Å². The minimum Gasteiger partial charge on any atom is -0.478 e. The van der Waals surface area contributed by atoms with E-state index in [2.05, 4.69) is 0 Å². The SMILES string of the molecule is Cc1cccc(C2CC2)c1C(=O)n1c(=O)n(-c2ccc(C(=O)O)cc2F)c2cccc(C)c21. The third kappa shape index (κ3) is 3.28. The van der Waals surface area contributed by atoms with Crippen molar-refractivity contribution in [1.82, 2.24) is 9.13 Å². The van der Waals surface area contributed by atoms with Gasteiger partial charge in [0.2, 0.25) is 0 Å². The fourth-order valence-corrected chi connectivity index (χ4v) is 4.48. The molecule has 0 radical (unpaired) electrons. The number of carboxylic acid groups (broad SMARTS) is 1. The Morgan fingerprint density at radius 1 is 1.00 bits per heavy atom. The maximum absolute atomic E-state index is 15.0. The minimum atomic E-state index is -1.27. The number of imidazole rings is 1. The summed E-state index contributed by atoms with van der Waals surface area (Å²) in [6.45, 7) is 3.64. The predicted octanol–water partition coefficient (Wildman–Crippen LogP) is 4.81. The number of para-hydroxylation sites is 1. The van der Waals surface area contributed by atoms with Crippen LogP contribution in [0.25, 0.3) is 16.7 Å². The second-order valence-electron chi connectivity index (χ2n) is 8.49. The second kappa shape index (κ2) is 7.55. The molecule has 0 unspecified atom stereocenters. The summed E-state index contributed by atoms with van der Waals surface area (Å²) in [7, 11) is 0. The number of hydrogen-bond acceptors (Lipinski definition) is 3. The summed E-state index contributed by atoms with van der Waals surface area (Å²) in [5.41, 5.74) is 2.65. The second-order valence-corrected chi connectivity index (χ2v) is 8.49. The molecule has 1 aromatic heterocycles. The van der Waals surface area contributed by atoms with E-state index in [1.54, 1.807) is 25.1 Å². The maximum atomic E-state index is 15.0. The van der Waals surface area contributed by atoms with Crippen molar-refractivity contribution in [2.45, 2.75) is 32.6 Å². The number of nitrogens with zero attached hydrogens (tertiary/aromatic N) is 2. The van der Waals surface area contributed by atoms with Crippen LogP contribution in [0.1, 0.15) is 56.2 Å². The molecule has 0 atom stereocenters. The van der Waals surface area contributed by atoms with Gasteiger partial charge < -0.3 is 5.11 Å². The lowest BCUT2D eigenvalue weighted by molar-refractivity contribution is 0.0696. The van der Waals surface area contributed by atoms with Crippen molar-refractivity contribution in [3.8, 4) is 5.69 Å². The fraction of sp³-hybridized carbons (Fsp3) is 0.192. The highest BCUT2D eigenvalue weighted by atomic mass is 19.1. The van der Waals surface area contributed by atoms with Gasteiger partial charge in [0.05, 0.1) is 22.3 Å². The van der Waals surface area contributed by atoms with Crippen molar-refractivity contribution in [2.24, 2.45) is 0 Å². The third-order valence-electron chi connectivity index (χ3n) is 6.24. The van der Waals surface area contributed by atoms with Crippen molar-refractivity contribution < 1.29 is 19.1 Å². The number of rotatable bonds is 4. The van der Waals surface area contributed by atoms with Crippen LogP contribution < -0.4 is 5.69 Å². The zero-order valence-corrected chi connectivity index (χ0v) is 18.1. The van der Waals surface area contributed by atoms with Crippen molar-refractivity contribution in [3.05, 3.63) is 98.7 Å². The average molecular weight is 444 g/mol. The third-order valence-corrected chi connectivity index (χ3v) is 6.24. The lowest BCUT2D eigenvalue weighted by Gasteiger charge is -2.12. The predicted molar refractivity (Wildman–Crippen MR) is 122 cm³/mol. The lowest BCUT2D eigenvalue weighted by atomic mass is 9.97. The number of aromatic nitrogens is 2. The molecule has 1 aliphatic rings. The maximum Gasteiger partial charge on any atom is 0.340 e. The number of aryl methyl sites for hydroxylation is 2. The van der Waals surface area contributed by atoms with Crippen LogP contribution in [0.3, 0.4) is 0 Å². The van der Waals surface area contributed by atoms with E-state index in [1.165, 1.54) is 12.1 Å². The van der Waals surface area contributed by atoms with Gasteiger partial charge in [0.1, 0.15) is 5.82 Å². The number of carbonyl (C=O) groups excluding carboxylic acids is 1. The van der Waals surface area contributed by atoms with Gasteiger partial charge in [0.25, 0.3) is 5.91 Å². The molecule has 6 nitrogen and oxygen atoms in total. The molecule has 0 amide bonds. The molecule has 1 saturated carbocycles. The first-order valence-corrected chi connectivity index (χ1v) is 10.7. The van der Waals surface area contributed by atoms with Crippen LogP contribution in [0.15, 0.2) is 59.4 Å². The molecule has 7 heteroatoms. The minimum absolute atomic E-state index is 0.112. The van der Waals surface area contributed by atoms with E-state index < -0.39 is 23.4 Å². The Hall–Kier alpha value is -4.00. The molecule has 1 aliphatic carbocycles. The van der Waals surface area contributed by atoms with Crippen LogP contribution in [0.2, 0.25) is 0 Å². The number of carbonyl (C=O) groups is 2. The summed E-state index contributed by atoms with van der Waals surface area (Å²) in [6.07, 6.45) is 2.00. The van der Waals surface area contributed by atoms with E-state index in [0.717, 1.165) is 39.2 Å². The molecule has 0 spiro atoms. The van der Waals surface area contributed by atoms with Gasteiger partial charge in [-0.05, 0) is 73.6 Å². The Morgan fingerprint density at radius 3 is 2.36 bits per heavy atom. The largest absolute Gasteiger partial charge is 0.478 e. The standard InChI is InChI=1S/C26H21FN2O4/c1-14-5-3-7-18(16-9-10-16)22(14)24(30)29-23-15(2)6-4-8-21(23)28(26(29)33)20-12-11-17(25(31)32)13-19(20)27/h3-8,11-13,16H,9-10H2,1-2H3,(H,31,32). The molecule has 33 heavy (non-hydrogen) atoms. The number of halogens is 1. The van der Waals surface area contributed by atoms with Gasteiger partial charge >= 0.3 is 11.7 Å². The summed E-state index contributed by atoms with van der Waals surface area (Å²) in [5.74, 6) is -2.27. The number of aromatic carboxylic acids is 1. The number of carboxylic acids is 1. The number of benzene rings is 3. The van der Waals surface area contributed by atoms with Crippen LogP contribution in [-0.4, -0.2) is 26.1 Å². The molecular formula is C26H21FN2O4. The Bertz CT molecular complexity index is 1530. The Kier molecular flexibility index (Phi) is 4.78. The van der Waals surface area contributed by atoms with Gasteiger partial charge in [-0.3, -0.25) is 9.36 Å². The zero-order chi connectivity index (χ0) is 23.4. The van der Waals surface area contributed by atoms with E-state index in [0.29, 0.717) is 28.1 Å². The summed E-state index contributed by atoms with van der Waals surface area (Å²) in [5, 5.41) is 9.15. The Morgan fingerprint density at radius 2 is 1.70 bits per heavy atom. The summed E-state index contributed by atoms with van der Waals surface area (Å²) in [4.78, 5) is 38.7. The zero-order valence-electron chi connectivity index (χ0n) is 18.1. The van der Waals surface area contributed by atoms with E-state index in [-0.39, 0.29) is 11.3 Å². The molecule has 3 aromatic carbocycles. The van der Waals surface area contributed by atoms with Crippen LogP contribution >= 0.6 is 0 Å². The van der Waals surface area contributed by atoms with Crippen LogP contribution in [-0.2, 0) is 0 Å². The van der Waals surface area contributed by atoms with E-state index in [1.807, 2.05) is 25.1 Å². The van der Waals surface area contributed by atoms with E-state index in [9.17, 15) is 18.8 Å². The molecule has 1 heterocycles. The molecule has 1 N–H and O–H groups in total. The first kappa shape index (κ1) is 20.9. The van der Waals surface area contributed by atoms with Crippen LogP contribution in [0.5, 0.6) is 0 Å². The lowest BCUT2D eigenvalue weighted by Crippen LogP contribution is -2.30. The van der Waals surface area contributed by atoms with Gasteiger partial charge in [-0.2, -0.15) is 0 Å². The molecule has 166 valence electrons. The van der Waals surface area contributed by atoms with Gasteiger partial charge in [0, 0.05) is 5.56 Å². The summed E-state index contributed by atoms with van der Waals surface area (Å²) >= 11 is 0. The topological polar surface area (TPSA) is 81.3 Å². The number of hydrogen-bond donors (Lipinski definition) is 1. The number of fused-ring (bicyclic) bond motifs is 1. The van der Waals surface area contributed by atoms with Crippen molar-refractivity contribution in [1.29, 1.82) is 0 Å². The van der Waals surface area contributed by atoms with Gasteiger partial charge in [0.15, 0.2) is 0 Å². The summed E-state index contributed by atoms with van der Waals surface area (Å²) in [6, 6.07) is 14.2. The molecular weight excluding hydrogens is 423 g/mol. The average Bonchev–Trinajstić information content (AvgIpc) is 3.57. The molecule has 0 bridgehead atoms. The van der Waals surface area contributed by atoms with Crippen molar-refractivity contribution >= 4 is 22.9 Å². The van der Waals surface area contributed by atoms with Gasteiger partial charge in [-0.1, -0.05) is 30.3 Å². The monoisotopic (exact) mass is 444 g/mol. The Balaban J connectivity index is 1.80. The highest BCUT2D eigenvalue weighted by molar-refractivity contribution is 6.04. The molecule has 1 fully saturated rings. The first-order chi connectivity index (χ1) is 15.8. The van der Waals surface area contributed by atoms with E-state index in [4.69, 9.17) is 5.11 Å². The van der Waals surface area contributed by atoms with E-state index >= 15 is 0 Å². The molecule has 4 aromatic rings. The molecule has 5 rings (SSSR count). The van der Waals surface area contributed by atoms with Gasteiger partial charge in [-0.25, -0.2) is 18.5 Å². The van der Waals surface area contributed by atoms with Crippen molar-refractivity contribution in [3.63, 3.8) is 0 Å². The van der Waals surface area contributed by atoms with Crippen LogP contribution in [0, 0.1) is 19.7 Å². The normalized spacial score (nSPS) is 13.4. The smallest absolute Gasteiger partial charge is 0.340 e. The highest BCUT2D eigenvalue weighted by Crippen LogP contribution is 2.42.